The van der Waals surface area contributed by atoms with Gasteiger partial charge in [0.05, 0.1) is 0 Å². The number of hydrogen-bond acceptors (Lipinski definition) is 6. The van der Waals surface area contributed by atoms with Crippen molar-refractivity contribution in [2.45, 2.75) is 272 Å². The average molecular weight is 779 g/mol. The number of unbranched alkanes of at least 4 members (excludes halogenated alkanes) is 27. The molecular formula is C49H94O6. The third-order valence-electron chi connectivity index (χ3n) is 11.3. The molecule has 0 heterocycles. The second kappa shape index (κ2) is 42.0. The van der Waals surface area contributed by atoms with Crippen LogP contribution in [0.1, 0.15) is 266 Å². The molecule has 0 amide bonds. The van der Waals surface area contributed by atoms with E-state index in [1.807, 2.05) is 0 Å². The van der Waals surface area contributed by atoms with Gasteiger partial charge in [0.15, 0.2) is 6.10 Å². The van der Waals surface area contributed by atoms with Gasteiger partial charge in [-0.05, 0) is 31.1 Å². The minimum Gasteiger partial charge on any atom is -0.462 e. The summed E-state index contributed by atoms with van der Waals surface area (Å²) >= 11 is 0. The van der Waals surface area contributed by atoms with Crippen LogP contribution in [0.2, 0.25) is 0 Å². The normalized spacial score (nSPS) is 12.5. The van der Waals surface area contributed by atoms with Crippen LogP contribution >= 0.6 is 0 Å². The van der Waals surface area contributed by atoms with Gasteiger partial charge >= 0.3 is 17.9 Å². The molecule has 0 aliphatic rings. The summed E-state index contributed by atoms with van der Waals surface area (Å²) in [6.45, 7) is 11.3. The molecule has 0 fully saturated rings. The van der Waals surface area contributed by atoms with Gasteiger partial charge < -0.3 is 14.2 Å². The van der Waals surface area contributed by atoms with Crippen LogP contribution < -0.4 is 0 Å². The van der Waals surface area contributed by atoms with Crippen LogP contribution in [-0.4, -0.2) is 37.2 Å². The summed E-state index contributed by atoms with van der Waals surface area (Å²) < 4.78 is 16.7. The number of hydrogen-bond donors (Lipinski definition) is 0. The Morgan fingerprint density at radius 3 is 1.04 bits per heavy atom. The molecule has 6 nitrogen and oxygen atoms in total. The summed E-state index contributed by atoms with van der Waals surface area (Å²) in [6.07, 6.45) is 41.0. The first-order valence-corrected chi connectivity index (χ1v) is 24.3. The number of carbonyl (C=O) groups excluding carboxylic acids is 3. The molecule has 1 unspecified atom stereocenters. The Hall–Kier alpha value is -1.59. The zero-order chi connectivity index (χ0) is 40.5. The molecule has 2 atom stereocenters. The highest BCUT2D eigenvalue weighted by atomic mass is 16.6. The van der Waals surface area contributed by atoms with E-state index >= 15 is 0 Å². The second-order valence-electron chi connectivity index (χ2n) is 17.5. The van der Waals surface area contributed by atoms with Gasteiger partial charge in [0.2, 0.25) is 0 Å². The molecule has 0 saturated carbocycles. The fraction of sp³-hybridized carbons (Fsp3) is 0.939. The van der Waals surface area contributed by atoms with E-state index in [-0.39, 0.29) is 31.1 Å². The molecule has 0 N–H and O–H groups in total. The van der Waals surface area contributed by atoms with Gasteiger partial charge in [-0.15, -0.1) is 0 Å². The molecule has 0 aromatic rings. The molecular weight excluding hydrogens is 685 g/mol. The molecule has 0 bridgehead atoms. The van der Waals surface area contributed by atoms with Crippen LogP contribution in [0.4, 0.5) is 0 Å². The van der Waals surface area contributed by atoms with Crippen molar-refractivity contribution < 1.29 is 28.6 Å². The summed E-state index contributed by atoms with van der Waals surface area (Å²) in [5.74, 6) is 0.732. The largest absolute Gasteiger partial charge is 0.462 e. The molecule has 0 aromatic heterocycles. The van der Waals surface area contributed by atoms with Crippen molar-refractivity contribution in [3.05, 3.63) is 0 Å². The molecule has 6 heteroatoms. The summed E-state index contributed by atoms with van der Waals surface area (Å²) in [7, 11) is 0. The zero-order valence-electron chi connectivity index (χ0n) is 37.6. The molecule has 0 aliphatic carbocycles. The van der Waals surface area contributed by atoms with Crippen molar-refractivity contribution in [1.29, 1.82) is 0 Å². The number of carbonyl (C=O) groups is 3. The molecule has 326 valence electrons. The predicted molar refractivity (Wildman–Crippen MR) is 233 cm³/mol. The zero-order valence-corrected chi connectivity index (χ0v) is 37.6. The van der Waals surface area contributed by atoms with E-state index in [0.717, 1.165) is 69.6 Å². The van der Waals surface area contributed by atoms with Gasteiger partial charge in [0.1, 0.15) is 13.2 Å². The van der Waals surface area contributed by atoms with Crippen LogP contribution in [0.25, 0.3) is 0 Å². The SMILES string of the molecule is CCCCCCCCCCCCCCCCCCCC(=O)OC[C@H](COC(=O)CCCCCCCCCC(C)C)OC(=O)CCCCCCCCC(C)CC. The van der Waals surface area contributed by atoms with E-state index < -0.39 is 6.10 Å². The Balaban J connectivity index is 4.26. The summed E-state index contributed by atoms with van der Waals surface area (Å²) in [5, 5.41) is 0. The van der Waals surface area contributed by atoms with Crippen LogP contribution in [0.15, 0.2) is 0 Å². The minimum absolute atomic E-state index is 0.0657. The first-order valence-electron chi connectivity index (χ1n) is 24.3. The fourth-order valence-corrected chi connectivity index (χ4v) is 7.25. The molecule has 0 aromatic carbocycles. The topological polar surface area (TPSA) is 78.9 Å². The predicted octanol–water partition coefficient (Wildman–Crippen LogP) is 15.4. The van der Waals surface area contributed by atoms with Crippen LogP contribution in [0.5, 0.6) is 0 Å². The van der Waals surface area contributed by atoms with Crippen molar-refractivity contribution in [3.8, 4) is 0 Å². The van der Waals surface area contributed by atoms with Crippen molar-refractivity contribution in [2.75, 3.05) is 13.2 Å². The lowest BCUT2D eigenvalue weighted by Gasteiger charge is -2.18. The van der Waals surface area contributed by atoms with E-state index in [0.29, 0.717) is 19.3 Å². The monoisotopic (exact) mass is 779 g/mol. The van der Waals surface area contributed by atoms with Gasteiger partial charge in [-0.2, -0.15) is 0 Å². The third kappa shape index (κ3) is 41.9. The number of rotatable bonds is 43. The molecule has 0 aliphatic heterocycles. The molecule has 0 radical (unpaired) electrons. The van der Waals surface area contributed by atoms with Gasteiger partial charge in [-0.25, -0.2) is 0 Å². The Bertz CT molecular complexity index is 841. The first-order chi connectivity index (χ1) is 26.8. The first kappa shape index (κ1) is 53.4. The lowest BCUT2D eigenvalue weighted by atomic mass is 10.00. The van der Waals surface area contributed by atoms with E-state index in [4.69, 9.17) is 14.2 Å². The van der Waals surface area contributed by atoms with Crippen LogP contribution in [-0.2, 0) is 28.6 Å². The Morgan fingerprint density at radius 2 is 0.691 bits per heavy atom. The Kier molecular flexibility index (Phi) is 40.8. The Labute approximate surface area is 342 Å². The lowest BCUT2D eigenvalue weighted by molar-refractivity contribution is -0.167. The lowest BCUT2D eigenvalue weighted by Crippen LogP contribution is -2.30. The summed E-state index contributed by atoms with van der Waals surface area (Å²) in [6, 6.07) is 0. The molecule has 0 saturated heterocycles. The van der Waals surface area contributed by atoms with Crippen molar-refractivity contribution in [1.82, 2.24) is 0 Å². The maximum atomic E-state index is 12.7. The number of ether oxygens (including phenoxy) is 3. The minimum atomic E-state index is -0.762. The summed E-state index contributed by atoms with van der Waals surface area (Å²) in [4.78, 5) is 37.7. The standard InChI is InChI=1S/C49H94O6/c1-6-8-9-10-11-12-13-14-15-16-17-18-19-20-23-29-34-39-47(50)53-42-46(55-49(52)41-36-31-26-25-28-33-38-45(5)7-2)43-54-48(51)40-35-30-24-21-22-27-32-37-44(3)4/h44-46H,6-43H2,1-5H3/t45?,46-/m1/s1. The van der Waals surface area contributed by atoms with Gasteiger partial charge in [0.25, 0.3) is 0 Å². The van der Waals surface area contributed by atoms with Crippen LogP contribution in [0.3, 0.4) is 0 Å². The summed E-state index contributed by atoms with van der Waals surface area (Å²) in [5.41, 5.74) is 0. The van der Waals surface area contributed by atoms with E-state index in [2.05, 4.69) is 34.6 Å². The maximum absolute atomic E-state index is 12.7. The average Bonchev–Trinajstić information content (AvgIpc) is 3.17. The molecule has 0 spiro atoms. The molecule has 0 rings (SSSR count). The quantitative estimate of drug-likeness (QED) is 0.0348. The second-order valence-corrected chi connectivity index (χ2v) is 17.5. The highest BCUT2D eigenvalue weighted by Gasteiger charge is 2.19. The molecule has 55 heavy (non-hydrogen) atoms. The van der Waals surface area contributed by atoms with E-state index in [1.165, 1.54) is 154 Å². The van der Waals surface area contributed by atoms with E-state index in [9.17, 15) is 14.4 Å². The smallest absolute Gasteiger partial charge is 0.306 e. The number of esters is 3. The maximum Gasteiger partial charge on any atom is 0.306 e. The highest BCUT2D eigenvalue weighted by Crippen LogP contribution is 2.17. The van der Waals surface area contributed by atoms with Gasteiger partial charge in [-0.3, -0.25) is 14.4 Å². The Morgan fingerprint density at radius 1 is 0.382 bits per heavy atom. The van der Waals surface area contributed by atoms with Crippen molar-refractivity contribution >= 4 is 17.9 Å². The van der Waals surface area contributed by atoms with Crippen molar-refractivity contribution in [2.24, 2.45) is 11.8 Å². The van der Waals surface area contributed by atoms with Gasteiger partial charge in [0, 0.05) is 19.3 Å². The van der Waals surface area contributed by atoms with Gasteiger partial charge in [-0.1, -0.05) is 227 Å². The third-order valence-corrected chi connectivity index (χ3v) is 11.3. The van der Waals surface area contributed by atoms with E-state index in [1.54, 1.807) is 0 Å². The van der Waals surface area contributed by atoms with Crippen molar-refractivity contribution in [3.63, 3.8) is 0 Å². The fourth-order valence-electron chi connectivity index (χ4n) is 7.25. The van der Waals surface area contributed by atoms with Crippen LogP contribution in [0, 0.1) is 11.8 Å². The highest BCUT2D eigenvalue weighted by molar-refractivity contribution is 5.71.